The monoisotopic (exact) mass is 250 g/mol. The second-order valence-electron chi connectivity index (χ2n) is 4.29. The van der Waals surface area contributed by atoms with E-state index in [4.69, 9.17) is 4.74 Å². The summed E-state index contributed by atoms with van der Waals surface area (Å²) in [5.74, 6) is -0.197. The van der Waals surface area contributed by atoms with Gasteiger partial charge in [-0.1, -0.05) is 31.5 Å². The molecule has 0 heterocycles. The molecule has 0 unspecified atom stereocenters. The Labute approximate surface area is 106 Å². The lowest BCUT2D eigenvalue weighted by molar-refractivity contribution is -0.131. The number of nitrogens with one attached hydrogen (secondary N) is 2. The van der Waals surface area contributed by atoms with E-state index in [1.165, 1.54) is 0 Å². The fourth-order valence-electron chi connectivity index (χ4n) is 1.10. The van der Waals surface area contributed by atoms with Crippen LogP contribution in [0.25, 0.3) is 0 Å². The van der Waals surface area contributed by atoms with Gasteiger partial charge in [0.05, 0.1) is 0 Å². The Morgan fingerprint density at radius 3 is 2.33 bits per heavy atom. The van der Waals surface area contributed by atoms with E-state index >= 15 is 0 Å². The summed E-state index contributed by atoms with van der Waals surface area (Å²) >= 11 is 0. The van der Waals surface area contributed by atoms with Crippen molar-refractivity contribution < 1.29 is 14.3 Å². The minimum atomic E-state index is -0.399. The molecule has 0 atom stereocenters. The lowest BCUT2D eigenvalue weighted by atomic mass is 10.2. The van der Waals surface area contributed by atoms with Crippen molar-refractivity contribution in [1.82, 2.24) is 10.9 Å². The molecule has 0 saturated heterocycles. The Morgan fingerprint density at radius 2 is 1.78 bits per heavy atom. The summed E-state index contributed by atoms with van der Waals surface area (Å²) in [6, 6.07) is 7.37. The Kier molecular flexibility index (Phi) is 5.17. The van der Waals surface area contributed by atoms with Crippen molar-refractivity contribution >= 4 is 11.8 Å². The predicted octanol–water partition coefficient (Wildman–Crippen LogP) is 1.18. The number of carbonyl (C=O) groups excluding carboxylic acids is 2. The standard InChI is InChI=1S/C13H18N2O3/c1-9(2)13(17)15-14-12(16)8-18-11-6-4-10(3)5-7-11/h4-7,9H,8H2,1-3H3,(H,14,16)(H,15,17). The minimum absolute atomic E-state index is 0.137. The molecule has 0 aliphatic rings. The molecule has 1 aromatic rings. The molecule has 98 valence electrons. The first-order valence-corrected chi connectivity index (χ1v) is 5.77. The highest BCUT2D eigenvalue weighted by molar-refractivity contribution is 5.83. The van der Waals surface area contributed by atoms with Crippen molar-refractivity contribution in [3.8, 4) is 5.75 Å². The van der Waals surface area contributed by atoms with Gasteiger partial charge in [0.15, 0.2) is 6.61 Å². The Morgan fingerprint density at radius 1 is 1.17 bits per heavy atom. The van der Waals surface area contributed by atoms with Gasteiger partial charge in [-0.3, -0.25) is 20.4 Å². The third-order valence-electron chi connectivity index (χ3n) is 2.24. The van der Waals surface area contributed by atoms with E-state index in [1.807, 2.05) is 19.1 Å². The van der Waals surface area contributed by atoms with Gasteiger partial charge in [-0.05, 0) is 19.1 Å². The normalized spacial score (nSPS) is 10.0. The Hall–Kier alpha value is -2.04. The Bertz CT molecular complexity index is 413. The Balaban J connectivity index is 2.29. The maximum Gasteiger partial charge on any atom is 0.276 e. The molecule has 2 N–H and O–H groups in total. The predicted molar refractivity (Wildman–Crippen MR) is 67.8 cm³/mol. The molecular formula is C13H18N2O3. The van der Waals surface area contributed by atoms with Crippen LogP contribution in [-0.4, -0.2) is 18.4 Å². The van der Waals surface area contributed by atoms with Crippen LogP contribution in [0, 0.1) is 12.8 Å². The van der Waals surface area contributed by atoms with Gasteiger partial charge in [0.2, 0.25) is 5.91 Å². The zero-order valence-electron chi connectivity index (χ0n) is 10.8. The van der Waals surface area contributed by atoms with Gasteiger partial charge in [0, 0.05) is 5.92 Å². The van der Waals surface area contributed by atoms with Crippen LogP contribution in [-0.2, 0) is 9.59 Å². The number of hydrogen-bond acceptors (Lipinski definition) is 3. The number of benzene rings is 1. The van der Waals surface area contributed by atoms with Crippen LogP contribution in [0.5, 0.6) is 5.75 Å². The third-order valence-corrected chi connectivity index (χ3v) is 2.24. The van der Waals surface area contributed by atoms with Crippen LogP contribution in [0.4, 0.5) is 0 Å². The van der Waals surface area contributed by atoms with Crippen molar-refractivity contribution in [2.24, 2.45) is 5.92 Å². The molecule has 1 aromatic carbocycles. The van der Waals surface area contributed by atoms with E-state index in [-0.39, 0.29) is 18.4 Å². The van der Waals surface area contributed by atoms with Crippen molar-refractivity contribution in [2.75, 3.05) is 6.61 Å². The molecule has 2 amide bonds. The first kappa shape index (κ1) is 14.0. The summed E-state index contributed by atoms with van der Waals surface area (Å²) in [6.07, 6.45) is 0. The summed E-state index contributed by atoms with van der Waals surface area (Å²) in [6.45, 7) is 5.31. The molecule has 0 aromatic heterocycles. The molecule has 0 saturated carbocycles. The molecule has 0 spiro atoms. The topological polar surface area (TPSA) is 67.4 Å². The quantitative estimate of drug-likeness (QED) is 0.788. The molecule has 0 fully saturated rings. The molecule has 1 rings (SSSR count). The second-order valence-corrected chi connectivity index (χ2v) is 4.29. The minimum Gasteiger partial charge on any atom is -0.484 e. The second kappa shape index (κ2) is 6.64. The first-order chi connectivity index (χ1) is 8.49. The van der Waals surface area contributed by atoms with Crippen LogP contribution in [0.2, 0.25) is 0 Å². The average Bonchev–Trinajstić information content (AvgIpc) is 2.35. The van der Waals surface area contributed by atoms with E-state index < -0.39 is 5.91 Å². The molecule has 18 heavy (non-hydrogen) atoms. The molecule has 0 bridgehead atoms. The fourth-order valence-corrected chi connectivity index (χ4v) is 1.10. The van der Waals surface area contributed by atoms with Gasteiger partial charge in [0.25, 0.3) is 5.91 Å². The number of hydrogen-bond donors (Lipinski definition) is 2. The van der Waals surface area contributed by atoms with E-state index in [1.54, 1.807) is 26.0 Å². The maximum absolute atomic E-state index is 11.4. The highest BCUT2D eigenvalue weighted by Gasteiger charge is 2.08. The summed E-state index contributed by atoms with van der Waals surface area (Å²) in [5.41, 5.74) is 5.71. The van der Waals surface area contributed by atoms with E-state index in [9.17, 15) is 9.59 Å². The van der Waals surface area contributed by atoms with Crippen LogP contribution >= 0.6 is 0 Å². The molecule has 5 heteroatoms. The first-order valence-electron chi connectivity index (χ1n) is 5.77. The number of hydrazine groups is 1. The molecular weight excluding hydrogens is 232 g/mol. The van der Waals surface area contributed by atoms with Gasteiger partial charge >= 0.3 is 0 Å². The number of aryl methyl sites for hydroxylation is 1. The van der Waals surface area contributed by atoms with Crippen LogP contribution < -0.4 is 15.6 Å². The fraction of sp³-hybridized carbons (Fsp3) is 0.385. The molecule has 0 aliphatic heterocycles. The van der Waals surface area contributed by atoms with Crippen molar-refractivity contribution in [2.45, 2.75) is 20.8 Å². The van der Waals surface area contributed by atoms with Gasteiger partial charge in [0.1, 0.15) is 5.75 Å². The van der Waals surface area contributed by atoms with E-state index in [2.05, 4.69) is 10.9 Å². The number of rotatable bonds is 4. The summed E-state index contributed by atoms with van der Waals surface area (Å²) < 4.78 is 5.25. The van der Waals surface area contributed by atoms with Crippen LogP contribution in [0.3, 0.4) is 0 Å². The van der Waals surface area contributed by atoms with E-state index in [0.29, 0.717) is 5.75 Å². The van der Waals surface area contributed by atoms with E-state index in [0.717, 1.165) is 5.56 Å². The van der Waals surface area contributed by atoms with Crippen molar-refractivity contribution in [1.29, 1.82) is 0 Å². The smallest absolute Gasteiger partial charge is 0.276 e. The number of ether oxygens (including phenoxy) is 1. The SMILES string of the molecule is Cc1ccc(OCC(=O)NNC(=O)C(C)C)cc1. The molecule has 5 nitrogen and oxygen atoms in total. The third kappa shape index (κ3) is 4.86. The largest absolute Gasteiger partial charge is 0.484 e. The van der Waals surface area contributed by atoms with Crippen LogP contribution in [0.1, 0.15) is 19.4 Å². The lowest BCUT2D eigenvalue weighted by Crippen LogP contribution is -2.45. The zero-order valence-corrected chi connectivity index (χ0v) is 10.8. The van der Waals surface area contributed by atoms with Gasteiger partial charge in [-0.2, -0.15) is 0 Å². The zero-order chi connectivity index (χ0) is 13.5. The van der Waals surface area contributed by atoms with Crippen molar-refractivity contribution in [3.05, 3.63) is 29.8 Å². The highest BCUT2D eigenvalue weighted by Crippen LogP contribution is 2.10. The number of carbonyl (C=O) groups is 2. The number of amides is 2. The van der Waals surface area contributed by atoms with Gasteiger partial charge < -0.3 is 4.74 Å². The molecule has 0 radical (unpaired) electrons. The van der Waals surface area contributed by atoms with Crippen molar-refractivity contribution in [3.63, 3.8) is 0 Å². The van der Waals surface area contributed by atoms with Gasteiger partial charge in [-0.25, -0.2) is 0 Å². The maximum atomic E-state index is 11.4. The summed E-state index contributed by atoms with van der Waals surface area (Å²) in [5, 5.41) is 0. The summed E-state index contributed by atoms with van der Waals surface area (Å²) in [4.78, 5) is 22.6. The van der Waals surface area contributed by atoms with Crippen LogP contribution in [0.15, 0.2) is 24.3 Å². The highest BCUT2D eigenvalue weighted by atomic mass is 16.5. The summed E-state index contributed by atoms with van der Waals surface area (Å²) in [7, 11) is 0. The average molecular weight is 250 g/mol. The lowest BCUT2D eigenvalue weighted by Gasteiger charge is -2.10. The van der Waals surface area contributed by atoms with Gasteiger partial charge in [-0.15, -0.1) is 0 Å². The molecule has 0 aliphatic carbocycles.